The number of benzene rings is 2. The lowest BCUT2D eigenvalue weighted by atomic mass is 10.1. The molecule has 164 valence electrons. The van der Waals surface area contributed by atoms with Gasteiger partial charge in [0, 0.05) is 23.3 Å². The first kappa shape index (κ1) is 22.0. The summed E-state index contributed by atoms with van der Waals surface area (Å²) < 4.78 is 23.3. The van der Waals surface area contributed by atoms with Crippen LogP contribution in [0.25, 0.3) is 11.0 Å². The molecule has 2 aromatic carbocycles. The number of esters is 1. The number of hydrogen-bond acceptors (Lipinski definition) is 6. The second kappa shape index (κ2) is 10.4. The fourth-order valence-corrected chi connectivity index (χ4v) is 3.91. The lowest BCUT2D eigenvalue weighted by molar-refractivity contribution is -0.139. The average molecular weight is 496 g/mol. The number of aromatic nitrogens is 1. The number of methoxy groups -OCH3 is 1. The fraction of sp³-hybridized carbons (Fsp3) is 0.200. The van der Waals surface area contributed by atoms with Crippen LogP contribution in [0.4, 0.5) is 0 Å². The third-order valence-electron chi connectivity index (χ3n) is 4.85. The van der Waals surface area contributed by atoms with Gasteiger partial charge in [0.15, 0.2) is 0 Å². The maximum atomic E-state index is 11.6. The quantitative estimate of drug-likeness (QED) is 0.281. The van der Waals surface area contributed by atoms with Gasteiger partial charge in [-0.1, -0.05) is 24.3 Å². The maximum Gasteiger partial charge on any atom is 0.310 e. The molecule has 0 bridgehead atoms. The molecule has 0 spiro atoms. The van der Waals surface area contributed by atoms with Gasteiger partial charge in [-0.25, -0.2) is 0 Å². The molecule has 4 rings (SSSR count). The summed E-state index contributed by atoms with van der Waals surface area (Å²) >= 11 is 3.59. The van der Waals surface area contributed by atoms with Crippen LogP contribution in [-0.2, 0) is 40.5 Å². The van der Waals surface area contributed by atoms with Crippen LogP contribution in [0.5, 0.6) is 5.75 Å². The molecule has 0 saturated carbocycles. The summed E-state index contributed by atoms with van der Waals surface area (Å²) in [7, 11) is 1.38. The molecule has 0 atom stereocenters. The molecule has 6 nitrogen and oxygen atoms in total. The normalized spacial score (nSPS) is 10.9. The summed E-state index contributed by atoms with van der Waals surface area (Å²) in [5.74, 6) is 1.10. The topological polar surface area (TPSA) is 70.8 Å². The average Bonchev–Trinajstić information content (AvgIpc) is 3.22. The number of fused-ring (bicyclic) bond motifs is 1. The molecule has 0 aliphatic heterocycles. The zero-order chi connectivity index (χ0) is 22.3. The number of carbonyl (C=O) groups is 1. The minimum absolute atomic E-state index is 0.166. The lowest BCUT2D eigenvalue weighted by Gasteiger charge is -2.11. The number of halogens is 1. The van der Waals surface area contributed by atoms with Crippen molar-refractivity contribution in [3.8, 4) is 5.75 Å². The first-order chi connectivity index (χ1) is 15.6. The van der Waals surface area contributed by atoms with E-state index in [1.807, 2.05) is 54.6 Å². The number of furan rings is 1. The second-order valence-electron chi connectivity index (χ2n) is 7.21. The zero-order valence-electron chi connectivity index (χ0n) is 17.5. The molecule has 4 aromatic rings. The largest absolute Gasteiger partial charge is 0.489 e. The van der Waals surface area contributed by atoms with E-state index >= 15 is 0 Å². The van der Waals surface area contributed by atoms with E-state index in [-0.39, 0.29) is 12.4 Å². The van der Waals surface area contributed by atoms with Crippen LogP contribution in [-0.4, -0.2) is 18.1 Å². The number of para-hydroxylation sites is 1. The van der Waals surface area contributed by atoms with Gasteiger partial charge in [0.25, 0.3) is 0 Å². The predicted molar refractivity (Wildman–Crippen MR) is 123 cm³/mol. The van der Waals surface area contributed by atoms with Crippen LogP contribution in [0.1, 0.15) is 22.5 Å². The maximum absolute atomic E-state index is 11.6. The third-order valence-corrected chi connectivity index (χ3v) is 5.44. The molecular weight excluding hydrogens is 474 g/mol. The highest BCUT2D eigenvalue weighted by molar-refractivity contribution is 9.10. The number of carbonyl (C=O) groups excluding carboxylic acids is 1. The van der Waals surface area contributed by atoms with Crippen LogP contribution < -0.4 is 4.74 Å². The Hall–Kier alpha value is -3.16. The Morgan fingerprint density at radius 3 is 2.72 bits per heavy atom. The van der Waals surface area contributed by atoms with Gasteiger partial charge < -0.3 is 18.6 Å². The second-order valence-corrected chi connectivity index (χ2v) is 8.07. The summed E-state index contributed by atoms with van der Waals surface area (Å²) in [5.41, 5.74) is 3.54. The summed E-state index contributed by atoms with van der Waals surface area (Å²) in [5, 5.41) is 0.959. The molecule has 0 aliphatic carbocycles. The number of ether oxygens (including phenoxy) is 3. The lowest BCUT2D eigenvalue weighted by Crippen LogP contribution is -2.06. The molecular formula is C25H22BrNO5. The molecule has 2 aromatic heterocycles. The van der Waals surface area contributed by atoms with E-state index in [0.29, 0.717) is 25.6 Å². The van der Waals surface area contributed by atoms with Gasteiger partial charge in [0.1, 0.15) is 30.3 Å². The van der Waals surface area contributed by atoms with E-state index in [1.54, 1.807) is 12.4 Å². The Morgan fingerprint density at radius 2 is 1.91 bits per heavy atom. The monoisotopic (exact) mass is 495 g/mol. The molecule has 2 heterocycles. The third kappa shape index (κ3) is 5.55. The standard InChI is InChI=1S/C25H22BrNO5/c1-29-24(28)12-19-6-2-3-7-23(19)31-15-18-9-20-11-21(32-25(20)22(26)10-18)16-30-14-17-5-4-8-27-13-17/h2-11,13H,12,14-16H2,1H3. The number of pyridine rings is 1. The van der Waals surface area contributed by atoms with Crippen molar-refractivity contribution in [2.24, 2.45) is 0 Å². The number of hydrogen-bond donors (Lipinski definition) is 0. The van der Waals surface area contributed by atoms with Gasteiger partial charge in [-0.15, -0.1) is 0 Å². The molecule has 0 aliphatic rings. The molecule has 0 radical (unpaired) electrons. The Balaban J connectivity index is 1.43. The Bertz CT molecular complexity index is 1210. The van der Waals surface area contributed by atoms with Gasteiger partial charge in [0.2, 0.25) is 0 Å². The predicted octanol–water partition coefficient (Wildman–Crippen LogP) is 5.60. The van der Waals surface area contributed by atoms with Crippen molar-refractivity contribution in [2.45, 2.75) is 26.2 Å². The Labute approximate surface area is 194 Å². The van der Waals surface area contributed by atoms with Crippen molar-refractivity contribution in [1.29, 1.82) is 0 Å². The van der Waals surface area contributed by atoms with Crippen molar-refractivity contribution in [1.82, 2.24) is 4.98 Å². The summed E-state index contributed by atoms with van der Waals surface area (Å²) in [4.78, 5) is 15.7. The van der Waals surface area contributed by atoms with Crippen molar-refractivity contribution in [2.75, 3.05) is 7.11 Å². The first-order valence-corrected chi connectivity index (χ1v) is 10.9. The van der Waals surface area contributed by atoms with Crippen LogP contribution in [0.3, 0.4) is 0 Å². The highest BCUT2D eigenvalue weighted by Gasteiger charge is 2.12. The van der Waals surface area contributed by atoms with E-state index in [4.69, 9.17) is 18.6 Å². The molecule has 7 heteroatoms. The Morgan fingerprint density at radius 1 is 1.03 bits per heavy atom. The van der Waals surface area contributed by atoms with E-state index in [1.165, 1.54) is 7.11 Å². The van der Waals surface area contributed by atoms with E-state index in [9.17, 15) is 4.79 Å². The first-order valence-electron chi connectivity index (χ1n) is 10.1. The number of nitrogens with zero attached hydrogens (tertiary/aromatic N) is 1. The van der Waals surface area contributed by atoms with Crippen molar-refractivity contribution in [3.63, 3.8) is 0 Å². The smallest absolute Gasteiger partial charge is 0.310 e. The number of rotatable bonds is 9. The van der Waals surface area contributed by atoms with Gasteiger partial charge >= 0.3 is 5.97 Å². The van der Waals surface area contributed by atoms with Crippen molar-refractivity contribution in [3.05, 3.63) is 93.9 Å². The highest BCUT2D eigenvalue weighted by Crippen LogP contribution is 2.30. The van der Waals surface area contributed by atoms with E-state index < -0.39 is 0 Å². The summed E-state index contributed by atoms with van der Waals surface area (Å²) in [6, 6.07) is 17.3. The van der Waals surface area contributed by atoms with Crippen molar-refractivity contribution >= 4 is 32.9 Å². The molecule has 0 N–H and O–H groups in total. The van der Waals surface area contributed by atoms with E-state index in [2.05, 4.69) is 20.9 Å². The summed E-state index contributed by atoms with van der Waals surface area (Å²) in [6.07, 6.45) is 3.68. The van der Waals surface area contributed by atoms with Crippen LogP contribution in [0.2, 0.25) is 0 Å². The molecule has 0 fully saturated rings. The molecule has 0 saturated heterocycles. The van der Waals surface area contributed by atoms with Gasteiger partial charge in [-0.05, 0) is 57.4 Å². The summed E-state index contributed by atoms with van der Waals surface area (Å²) in [6.45, 7) is 1.18. The van der Waals surface area contributed by atoms with Gasteiger partial charge in [0.05, 0.1) is 24.6 Å². The fourth-order valence-electron chi connectivity index (χ4n) is 3.31. The minimum atomic E-state index is -0.304. The van der Waals surface area contributed by atoms with E-state index in [0.717, 1.165) is 37.9 Å². The highest BCUT2D eigenvalue weighted by atomic mass is 79.9. The Kier molecular flexibility index (Phi) is 7.19. The van der Waals surface area contributed by atoms with Crippen molar-refractivity contribution < 1.29 is 23.4 Å². The molecule has 32 heavy (non-hydrogen) atoms. The van der Waals surface area contributed by atoms with Crippen LogP contribution in [0, 0.1) is 0 Å². The molecule has 0 unspecified atom stereocenters. The van der Waals surface area contributed by atoms with Crippen LogP contribution in [0.15, 0.2) is 75.9 Å². The zero-order valence-corrected chi connectivity index (χ0v) is 19.1. The molecule has 0 amide bonds. The SMILES string of the molecule is COC(=O)Cc1ccccc1OCc1cc(Br)c2oc(COCc3cccnc3)cc2c1. The van der Waals surface area contributed by atoms with Gasteiger partial charge in [-0.3, -0.25) is 9.78 Å². The van der Waals surface area contributed by atoms with Crippen LogP contribution >= 0.6 is 15.9 Å². The minimum Gasteiger partial charge on any atom is -0.489 e. The van der Waals surface area contributed by atoms with Gasteiger partial charge in [-0.2, -0.15) is 0 Å².